The van der Waals surface area contributed by atoms with E-state index >= 15 is 0 Å². The standard InChI is InChI=1S/C16H15BrO5/c1-21-15(19)16(20)8-12(9-2-4-10(17)5-3-9)11-6-7-13(18)14(11)22-16/h2-5,12,20H,6-8H2,1H3/t12-,16+/m0/s1. The minimum absolute atomic E-state index is 0.0351. The predicted octanol–water partition coefficient (Wildman–Crippen LogP) is 2.43. The summed E-state index contributed by atoms with van der Waals surface area (Å²) < 4.78 is 10.9. The lowest BCUT2D eigenvalue weighted by atomic mass is 9.83. The van der Waals surface area contributed by atoms with Crippen LogP contribution < -0.4 is 0 Å². The highest BCUT2D eigenvalue weighted by Gasteiger charge is 2.50. The summed E-state index contributed by atoms with van der Waals surface area (Å²) in [4.78, 5) is 23.9. The number of ketones is 1. The number of rotatable bonds is 2. The second-order valence-electron chi connectivity index (χ2n) is 5.46. The van der Waals surface area contributed by atoms with Gasteiger partial charge in [0.1, 0.15) is 0 Å². The molecule has 1 aliphatic heterocycles. The lowest BCUT2D eigenvalue weighted by molar-refractivity contribution is -0.220. The highest BCUT2D eigenvalue weighted by atomic mass is 79.9. The number of aliphatic hydroxyl groups is 1. The second kappa shape index (κ2) is 5.52. The number of carbonyl (C=O) groups excluding carboxylic acids is 2. The Kier molecular flexibility index (Phi) is 3.82. The zero-order valence-corrected chi connectivity index (χ0v) is 13.6. The summed E-state index contributed by atoms with van der Waals surface area (Å²) in [6, 6.07) is 7.59. The molecular formula is C16H15BrO5. The molecule has 6 heteroatoms. The van der Waals surface area contributed by atoms with Crippen LogP contribution in [0.15, 0.2) is 40.1 Å². The van der Waals surface area contributed by atoms with Gasteiger partial charge in [-0.2, -0.15) is 0 Å². The third kappa shape index (κ3) is 2.46. The molecular weight excluding hydrogens is 352 g/mol. The zero-order chi connectivity index (χ0) is 15.9. The van der Waals surface area contributed by atoms with Gasteiger partial charge in [0.05, 0.1) is 7.11 Å². The van der Waals surface area contributed by atoms with Crippen LogP contribution in [-0.2, 0) is 19.1 Å². The first kappa shape index (κ1) is 15.2. The zero-order valence-electron chi connectivity index (χ0n) is 12.0. The molecule has 2 aliphatic rings. The first-order chi connectivity index (χ1) is 10.4. The average molecular weight is 367 g/mol. The molecule has 3 rings (SSSR count). The molecule has 22 heavy (non-hydrogen) atoms. The van der Waals surface area contributed by atoms with E-state index in [4.69, 9.17) is 4.74 Å². The monoisotopic (exact) mass is 366 g/mol. The van der Waals surface area contributed by atoms with Gasteiger partial charge in [0.15, 0.2) is 11.5 Å². The molecule has 5 nitrogen and oxygen atoms in total. The Hall–Kier alpha value is -1.66. The van der Waals surface area contributed by atoms with E-state index in [1.807, 2.05) is 24.3 Å². The van der Waals surface area contributed by atoms with Gasteiger partial charge in [-0.1, -0.05) is 28.1 Å². The lowest BCUT2D eigenvalue weighted by Crippen LogP contribution is -2.46. The normalized spacial score (nSPS) is 27.4. The van der Waals surface area contributed by atoms with E-state index in [-0.39, 0.29) is 23.9 Å². The SMILES string of the molecule is COC(=O)[C@@]1(O)C[C@@H](c2ccc(Br)cc2)C2=C(O1)C(=O)CC2. The molecule has 2 atom stereocenters. The number of hydrogen-bond acceptors (Lipinski definition) is 5. The van der Waals surface area contributed by atoms with Crippen LogP contribution in [-0.4, -0.2) is 29.8 Å². The first-order valence-corrected chi connectivity index (χ1v) is 7.75. The number of esters is 1. The third-order valence-electron chi connectivity index (χ3n) is 4.12. The molecule has 0 unspecified atom stereocenters. The highest BCUT2D eigenvalue weighted by molar-refractivity contribution is 9.10. The quantitative estimate of drug-likeness (QED) is 0.813. The summed E-state index contributed by atoms with van der Waals surface area (Å²) in [5.74, 6) is -3.31. The van der Waals surface area contributed by atoms with Gasteiger partial charge in [0, 0.05) is 23.2 Å². The Labute approximate surface area is 136 Å². The maximum Gasteiger partial charge on any atom is 0.379 e. The number of hydrogen-bond donors (Lipinski definition) is 1. The predicted molar refractivity (Wildman–Crippen MR) is 80.8 cm³/mol. The molecule has 1 heterocycles. The van der Waals surface area contributed by atoms with Crippen LogP contribution in [0.3, 0.4) is 0 Å². The number of Topliss-reactive ketones (excluding diaryl/α,β-unsaturated/α-hetero) is 1. The van der Waals surface area contributed by atoms with Gasteiger partial charge in [-0.25, -0.2) is 4.79 Å². The van der Waals surface area contributed by atoms with E-state index in [1.165, 1.54) is 7.11 Å². The van der Waals surface area contributed by atoms with Crippen LogP contribution in [0.1, 0.15) is 30.7 Å². The molecule has 1 aromatic carbocycles. The number of methoxy groups -OCH3 is 1. The number of ether oxygens (including phenoxy) is 2. The summed E-state index contributed by atoms with van der Waals surface area (Å²) in [7, 11) is 1.18. The molecule has 0 radical (unpaired) electrons. The van der Waals surface area contributed by atoms with Crippen molar-refractivity contribution in [3.05, 3.63) is 45.6 Å². The Morgan fingerprint density at radius 1 is 1.36 bits per heavy atom. The number of allylic oxidation sites excluding steroid dienone is 2. The van der Waals surface area contributed by atoms with Crippen LogP contribution in [0.5, 0.6) is 0 Å². The van der Waals surface area contributed by atoms with Gasteiger partial charge < -0.3 is 14.6 Å². The van der Waals surface area contributed by atoms with Crippen molar-refractivity contribution in [3.8, 4) is 0 Å². The highest BCUT2D eigenvalue weighted by Crippen LogP contribution is 2.46. The molecule has 0 amide bonds. The Bertz CT molecular complexity index is 664. The summed E-state index contributed by atoms with van der Waals surface area (Å²) in [6.07, 6.45) is 0.967. The second-order valence-corrected chi connectivity index (χ2v) is 6.38. The average Bonchev–Trinajstić information content (AvgIpc) is 2.87. The fraction of sp³-hybridized carbons (Fsp3) is 0.375. The van der Waals surface area contributed by atoms with Crippen molar-refractivity contribution in [1.82, 2.24) is 0 Å². The van der Waals surface area contributed by atoms with Crippen molar-refractivity contribution in [3.63, 3.8) is 0 Å². The van der Waals surface area contributed by atoms with Crippen LogP contribution in [0.4, 0.5) is 0 Å². The molecule has 1 N–H and O–H groups in total. The minimum atomic E-state index is -2.12. The largest absolute Gasteiger partial charge is 0.464 e. The first-order valence-electron chi connectivity index (χ1n) is 6.96. The third-order valence-corrected chi connectivity index (χ3v) is 4.64. The molecule has 0 saturated carbocycles. The van der Waals surface area contributed by atoms with Crippen molar-refractivity contribution in [2.45, 2.75) is 31.0 Å². The van der Waals surface area contributed by atoms with E-state index in [9.17, 15) is 14.7 Å². The van der Waals surface area contributed by atoms with Crippen molar-refractivity contribution < 1.29 is 24.2 Å². The van der Waals surface area contributed by atoms with Gasteiger partial charge in [0.2, 0.25) is 0 Å². The van der Waals surface area contributed by atoms with Crippen LogP contribution in [0, 0.1) is 0 Å². The number of benzene rings is 1. The molecule has 1 aromatic rings. The van der Waals surface area contributed by atoms with E-state index in [1.54, 1.807) is 0 Å². The van der Waals surface area contributed by atoms with E-state index < -0.39 is 11.8 Å². The molecule has 116 valence electrons. The summed E-state index contributed by atoms with van der Waals surface area (Å²) in [5, 5.41) is 10.5. The van der Waals surface area contributed by atoms with Gasteiger partial charge in [-0.3, -0.25) is 4.79 Å². The van der Waals surface area contributed by atoms with Gasteiger partial charge in [-0.05, 0) is 29.7 Å². The maximum absolute atomic E-state index is 12.0. The fourth-order valence-electron chi connectivity index (χ4n) is 3.02. The van der Waals surface area contributed by atoms with E-state index in [0.717, 1.165) is 15.6 Å². The van der Waals surface area contributed by atoms with E-state index in [0.29, 0.717) is 12.8 Å². The minimum Gasteiger partial charge on any atom is -0.464 e. The van der Waals surface area contributed by atoms with Gasteiger partial charge >= 0.3 is 11.8 Å². The van der Waals surface area contributed by atoms with E-state index in [2.05, 4.69) is 20.7 Å². The topological polar surface area (TPSA) is 72.8 Å². The summed E-state index contributed by atoms with van der Waals surface area (Å²) >= 11 is 3.38. The Morgan fingerprint density at radius 2 is 2.05 bits per heavy atom. The van der Waals surface area contributed by atoms with Crippen LogP contribution >= 0.6 is 15.9 Å². The van der Waals surface area contributed by atoms with Gasteiger partial charge in [0.25, 0.3) is 0 Å². The molecule has 0 bridgehead atoms. The van der Waals surface area contributed by atoms with Crippen LogP contribution in [0.2, 0.25) is 0 Å². The maximum atomic E-state index is 12.0. The number of halogens is 1. The molecule has 0 aromatic heterocycles. The van der Waals surface area contributed by atoms with Crippen molar-refractivity contribution >= 4 is 27.7 Å². The summed E-state index contributed by atoms with van der Waals surface area (Å²) in [6.45, 7) is 0. The van der Waals surface area contributed by atoms with Gasteiger partial charge in [-0.15, -0.1) is 0 Å². The van der Waals surface area contributed by atoms with Crippen molar-refractivity contribution in [2.75, 3.05) is 7.11 Å². The Morgan fingerprint density at radius 3 is 2.68 bits per heavy atom. The smallest absolute Gasteiger partial charge is 0.379 e. The van der Waals surface area contributed by atoms with Crippen LogP contribution in [0.25, 0.3) is 0 Å². The van der Waals surface area contributed by atoms with Crippen molar-refractivity contribution in [2.24, 2.45) is 0 Å². The summed E-state index contributed by atoms with van der Waals surface area (Å²) in [5.41, 5.74) is 1.77. The molecule has 0 saturated heterocycles. The Balaban J connectivity index is 2.05. The number of carbonyl (C=O) groups is 2. The molecule has 1 aliphatic carbocycles. The van der Waals surface area contributed by atoms with Crippen molar-refractivity contribution in [1.29, 1.82) is 0 Å². The fourth-order valence-corrected chi connectivity index (χ4v) is 3.28. The molecule has 0 spiro atoms. The lowest BCUT2D eigenvalue weighted by Gasteiger charge is -2.35. The molecule has 0 fully saturated rings.